The molecule has 4 nitrogen and oxygen atoms in total. The molecule has 0 aliphatic heterocycles. The van der Waals surface area contributed by atoms with Gasteiger partial charge in [0.2, 0.25) is 0 Å². The number of thiazole rings is 2. The van der Waals surface area contributed by atoms with Gasteiger partial charge in [0.1, 0.15) is 10.8 Å². The van der Waals surface area contributed by atoms with E-state index in [0.29, 0.717) is 0 Å². The molecule has 0 saturated carbocycles. The van der Waals surface area contributed by atoms with Gasteiger partial charge in [0.25, 0.3) is 0 Å². The zero-order chi connectivity index (χ0) is 14.8. The Morgan fingerprint density at radius 3 is 2.90 bits per heavy atom. The van der Waals surface area contributed by atoms with Gasteiger partial charge in [-0.1, -0.05) is 18.3 Å². The van der Waals surface area contributed by atoms with Crippen molar-refractivity contribution in [1.82, 2.24) is 9.97 Å². The minimum absolute atomic E-state index is 0.165. The Morgan fingerprint density at radius 2 is 2.19 bits per heavy atom. The zero-order valence-electron chi connectivity index (χ0n) is 12.2. The minimum atomic E-state index is 0.165. The molecule has 0 saturated heterocycles. The Bertz CT molecular complexity index is 750. The number of benzene rings is 1. The number of aromatic nitrogens is 2. The molecule has 3 rings (SSSR count). The van der Waals surface area contributed by atoms with Gasteiger partial charge in [-0.2, -0.15) is 0 Å². The first-order chi connectivity index (χ1) is 10.2. The van der Waals surface area contributed by atoms with Crippen LogP contribution in [0.3, 0.4) is 0 Å². The number of rotatable bonds is 5. The molecule has 1 N–H and O–H groups in total. The van der Waals surface area contributed by atoms with Crippen LogP contribution in [0.1, 0.15) is 29.8 Å². The fraction of sp³-hybridized carbons (Fsp3) is 0.333. The van der Waals surface area contributed by atoms with Crippen LogP contribution in [-0.4, -0.2) is 17.1 Å². The number of anilines is 1. The molecule has 21 heavy (non-hydrogen) atoms. The van der Waals surface area contributed by atoms with Crippen molar-refractivity contribution in [2.45, 2.75) is 26.3 Å². The molecular formula is C15H17N3OS2. The second-order valence-corrected chi connectivity index (χ2v) is 6.91. The summed E-state index contributed by atoms with van der Waals surface area (Å²) in [6.45, 7) is 4.27. The second kappa shape index (κ2) is 5.99. The molecule has 2 aromatic heterocycles. The van der Waals surface area contributed by atoms with Gasteiger partial charge >= 0.3 is 0 Å². The second-order valence-electron chi connectivity index (χ2n) is 4.74. The number of aryl methyl sites for hydroxylation is 1. The third-order valence-electron chi connectivity index (χ3n) is 3.23. The van der Waals surface area contributed by atoms with Gasteiger partial charge < -0.3 is 10.1 Å². The molecule has 0 bridgehead atoms. The summed E-state index contributed by atoms with van der Waals surface area (Å²) in [6.07, 6.45) is 2.99. The molecule has 0 radical (unpaired) electrons. The summed E-state index contributed by atoms with van der Waals surface area (Å²) in [5.41, 5.74) is 0.990. The molecule has 1 aromatic carbocycles. The number of nitrogens with zero attached hydrogens (tertiary/aromatic N) is 2. The quantitative estimate of drug-likeness (QED) is 0.752. The molecule has 0 spiro atoms. The summed E-state index contributed by atoms with van der Waals surface area (Å²) >= 11 is 3.39. The molecule has 110 valence electrons. The van der Waals surface area contributed by atoms with Crippen LogP contribution in [0.5, 0.6) is 5.75 Å². The highest BCUT2D eigenvalue weighted by molar-refractivity contribution is 7.22. The number of fused-ring (bicyclic) bond motifs is 1. The van der Waals surface area contributed by atoms with Gasteiger partial charge in [0.05, 0.1) is 23.4 Å². The Labute approximate surface area is 131 Å². The summed E-state index contributed by atoms with van der Waals surface area (Å²) in [6, 6.07) is 6.10. The van der Waals surface area contributed by atoms with Gasteiger partial charge in [-0.3, -0.25) is 0 Å². The predicted octanol–water partition coefficient (Wildman–Crippen LogP) is 4.50. The van der Waals surface area contributed by atoms with E-state index in [1.165, 1.54) is 4.88 Å². The van der Waals surface area contributed by atoms with Gasteiger partial charge in [0, 0.05) is 11.1 Å². The molecule has 0 aliphatic rings. The fourth-order valence-corrected chi connectivity index (χ4v) is 3.87. The number of hydrogen-bond acceptors (Lipinski definition) is 6. The van der Waals surface area contributed by atoms with Crippen molar-refractivity contribution in [2.75, 3.05) is 12.4 Å². The van der Waals surface area contributed by atoms with Crippen LogP contribution in [-0.2, 0) is 6.42 Å². The van der Waals surface area contributed by atoms with E-state index >= 15 is 0 Å². The average molecular weight is 319 g/mol. The van der Waals surface area contributed by atoms with E-state index in [2.05, 4.69) is 29.1 Å². The van der Waals surface area contributed by atoms with E-state index < -0.39 is 0 Å². The first kappa shape index (κ1) is 14.3. The molecule has 1 atom stereocenters. The number of hydrogen-bond donors (Lipinski definition) is 1. The van der Waals surface area contributed by atoms with Crippen molar-refractivity contribution in [1.29, 1.82) is 0 Å². The number of ether oxygens (including phenoxy) is 1. The summed E-state index contributed by atoms with van der Waals surface area (Å²) < 4.78 is 6.37. The molecule has 3 aromatic rings. The molecule has 0 aliphatic carbocycles. The maximum absolute atomic E-state index is 5.25. The largest absolute Gasteiger partial charge is 0.497 e. The van der Waals surface area contributed by atoms with Gasteiger partial charge in [-0.15, -0.1) is 11.3 Å². The zero-order valence-corrected chi connectivity index (χ0v) is 13.8. The maximum atomic E-state index is 5.25. The highest BCUT2D eigenvalue weighted by Crippen LogP contribution is 2.31. The summed E-state index contributed by atoms with van der Waals surface area (Å²) in [5, 5.41) is 5.45. The number of nitrogens with one attached hydrogen (secondary N) is 1. The fourth-order valence-electron chi connectivity index (χ4n) is 2.03. The smallest absolute Gasteiger partial charge is 0.184 e. The molecule has 0 amide bonds. The lowest BCUT2D eigenvalue weighted by Gasteiger charge is -2.08. The van der Waals surface area contributed by atoms with Crippen LogP contribution in [0.4, 0.5) is 5.13 Å². The van der Waals surface area contributed by atoms with Gasteiger partial charge in [0.15, 0.2) is 5.13 Å². The minimum Gasteiger partial charge on any atom is -0.497 e. The maximum Gasteiger partial charge on any atom is 0.184 e. The van der Waals surface area contributed by atoms with Gasteiger partial charge in [-0.05, 0) is 31.5 Å². The van der Waals surface area contributed by atoms with E-state index in [0.717, 1.165) is 32.5 Å². The normalized spacial score (nSPS) is 12.5. The van der Waals surface area contributed by atoms with E-state index in [-0.39, 0.29) is 6.04 Å². The first-order valence-corrected chi connectivity index (χ1v) is 8.48. The molecule has 6 heteroatoms. The SMILES string of the molecule is CCc1cnc(C(C)Nc2nc3ccc(OC)cc3s2)s1. The van der Waals surface area contributed by atoms with Crippen LogP contribution < -0.4 is 10.1 Å². The standard InChI is InChI=1S/C15H17N3OS2/c1-4-11-8-16-14(20-11)9(2)17-15-18-12-6-5-10(19-3)7-13(12)21-15/h5-9H,4H2,1-3H3,(H,17,18). The molecule has 1 unspecified atom stereocenters. The van der Waals surface area contributed by atoms with Crippen LogP contribution in [0.25, 0.3) is 10.2 Å². The highest BCUT2D eigenvalue weighted by Gasteiger charge is 2.12. The van der Waals surface area contributed by atoms with Crippen molar-refractivity contribution in [2.24, 2.45) is 0 Å². The van der Waals surface area contributed by atoms with E-state index in [1.807, 2.05) is 24.4 Å². The van der Waals surface area contributed by atoms with Crippen LogP contribution in [0.2, 0.25) is 0 Å². The summed E-state index contributed by atoms with van der Waals surface area (Å²) in [5.74, 6) is 0.859. The summed E-state index contributed by atoms with van der Waals surface area (Å²) in [7, 11) is 1.68. The Kier molecular flexibility index (Phi) is 4.07. The topological polar surface area (TPSA) is 47.0 Å². The van der Waals surface area contributed by atoms with E-state index in [1.54, 1.807) is 29.8 Å². The molecule has 2 heterocycles. The van der Waals surface area contributed by atoms with Crippen molar-refractivity contribution in [3.8, 4) is 5.75 Å². The highest BCUT2D eigenvalue weighted by atomic mass is 32.1. The van der Waals surface area contributed by atoms with Crippen molar-refractivity contribution in [3.63, 3.8) is 0 Å². The lowest BCUT2D eigenvalue weighted by molar-refractivity contribution is 0.415. The van der Waals surface area contributed by atoms with Crippen molar-refractivity contribution < 1.29 is 4.74 Å². The Balaban J connectivity index is 1.80. The Hall–Kier alpha value is -1.66. The van der Waals surface area contributed by atoms with Crippen molar-refractivity contribution >= 4 is 38.0 Å². The lowest BCUT2D eigenvalue weighted by Crippen LogP contribution is -2.05. The van der Waals surface area contributed by atoms with Crippen LogP contribution >= 0.6 is 22.7 Å². The van der Waals surface area contributed by atoms with Crippen LogP contribution in [0, 0.1) is 0 Å². The predicted molar refractivity (Wildman–Crippen MR) is 89.7 cm³/mol. The Morgan fingerprint density at radius 1 is 1.33 bits per heavy atom. The first-order valence-electron chi connectivity index (χ1n) is 6.85. The van der Waals surface area contributed by atoms with Gasteiger partial charge in [-0.25, -0.2) is 9.97 Å². The number of methoxy groups -OCH3 is 1. The third-order valence-corrected chi connectivity index (χ3v) is 5.50. The molecular weight excluding hydrogens is 302 g/mol. The average Bonchev–Trinajstić information content (AvgIpc) is 3.12. The van der Waals surface area contributed by atoms with E-state index in [4.69, 9.17) is 4.74 Å². The van der Waals surface area contributed by atoms with Crippen molar-refractivity contribution in [3.05, 3.63) is 34.3 Å². The lowest BCUT2D eigenvalue weighted by atomic mass is 10.3. The molecule has 0 fully saturated rings. The van der Waals surface area contributed by atoms with Crippen LogP contribution in [0.15, 0.2) is 24.4 Å². The van der Waals surface area contributed by atoms with E-state index in [9.17, 15) is 0 Å². The summed E-state index contributed by atoms with van der Waals surface area (Å²) in [4.78, 5) is 10.4. The monoisotopic (exact) mass is 319 g/mol. The third kappa shape index (κ3) is 3.01.